The third-order valence-electron chi connectivity index (χ3n) is 5.29. The van der Waals surface area contributed by atoms with Gasteiger partial charge in [0.1, 0.15) is 5.75 Å². The number of nitrogens with one attached hydrogen (secondary N) is 1. The maximum atomic E-state index is 13.3. The molecule has 4 rings (SSSR count). The molecule has 4 aromatic carbocycles. The monoisotopic (exact) mass is 492 g/mol. The molecule has 0 saturated heterocycles. The molecule has 0 unspecified atom stereocenters. The van der Waals surface area contributed by atoms with Gasteiger partial charge in [-0.15, -0.1) is 0 Å². The van der Waals surface area contributed by atoms with Crippen LogP contribution in [0.25, 0.3) is 10.8 Å². The Morgan fingerprint density at radius 3 is 2.38 bits per heavy atom. The number of amides is 2. The van der Waals surface area contributed by atoms with Crippen molar-refractivity contribution in [2.45, 2.75) is 6.92 Å². The van der Waals surface area contributed by atoms with Crippen LogP contribution in [0.4, 0.5) is 11.4 Å². The number of anilines is 2. The van der Waals surface area contributed by atoms with Gasteiger partial charge in [0, 0.05) is 28.2 Å². The van der Waals surface area contributed by atoms with Crippen LogP contribution in [0.15, 0.2) is 84.9 Å². The second-order valence-electron chi connectivity index (χ2n) is 7.54. The van der Waals surface area contributed by atoms with E-state index in [1.54, 1.807) is 47.4 Å². The molecule has 0 aromatic heterocycles. The van der Waals surface area contributed by atoms with Gasteiger partial charge < -0.3 is 15.0 Å². The van der Waals surface area contributed by atoms with Crippen molar-refractivity contribution < 1.29 is 14.3 Å². The summed E-state index contributed by atoms with van der Waals surface area (Å²) >= 11 is 11.9. The van der Waals surface area contributed by atoms with E-state index in [0.29, 0.717) is 33.6 Å². The molecule has 0 radical (unpaired) electrons. The zero-order valence-electron chi connectivity index (χ0n) is 18.4. The van der Waals surface area contributed by atoms with Crippen LogP contribution in [-0.4, -0.2) is 25.0 Å². The highest BCUT2D eigenvalue weighted by Crippen LogP contribution is 2.29. The molecule has 0 aliphatic rings. The van der Waals surface area contributed by atoms with Gasteiger partial charge in [0.05, 0.1) is 10.7 Å². The highest BCUT2D eigenvalue weighted by molar-refractivity contribution is 6.35. The Hall–Kier alpha value is -3.54. The fraction of sp³-hybridized carbons (Fsp3) is 0.111. The minimum absolute atomic E-state index is 0.113. The van der Waals surface area contributed by atoms with Gasteiger partial charge in [-0.3, -0.25) is 9.59 Å². The Balaban J connectivity index is 1.43. The molecule has 0 fully saturated rings. The molecule has 172 valence electrons. The fourth-order valence-corrected chi connectivity index (χ4v) is 4.11. The van der Waals surface area contributed by atoms with E-state index in [4.69, 9.17) is 27.9 Å². The molecule has 0 spiro atoms. The number of rotatable bonds is 7. The quantitative estimate of drug-likeness (QED) is 0.307. The zero-order valence-corrected chi connectivity index (χ0v) is 19.9. The smallest absolute Gasteiger partial charge is 0.262 e. The second-order valence-corrected chi connectivity index (χ2v) is 8.38. The van der Waals surface area contributed by atoms with Crippen LogP contribution < -0.4 is 15.0 Å². The lowest BCUT2D eigenvalue weighted by Crippen LogP contribution is -2.30. The summed E-state index contributed by atoms with van der Waals surface area (Å²) in [5, 5.41) is 5.66. The molecule has 0 aliphatic heterocycles. The highest BCUT2D eigenvalue weighted by atomic mass is 35.5. The number of ether oxygens (including phenoxy) is 1. The summed E-state index contributed by atoms with van der Waals surface area (Å²) in [4.78, 5) is 27.3. The predicted octanol–water partition coefficient (Wildman–Crippen LogP) is 6.83. The zero-order chi connectivity index (χ0) is 24.1. The van der Waals surface area contributed by atoms with Crippen molar-refractivity contribution in [2.24, 2.45) is 0 Å². The summed E-state index contributed by atoms with van der Waals surface area (Å²) in [7, 11) is 0. The predicted molar refractivity (Wildman–Crippen MR) is 138 cm³/mol. The van der Waals surface area contributed by atoms with Gasteiger partial charge in [-0.1, -0.05) is 59.6 Å². The summed E-state index contributed by atoms with van der Waals surface area (Å²) in [6.07, 6.45) is 0. The molecule has 4 aromatic rings. The van der Waals surface area contributed by atoms with Crippen LogP contribution in [0.5, 0.6) is 5.75 Å². The number of hydrogen-bond donors (Lipinski definition) is 1. The number of hydrogen-bond acceptors (Lipinski definition) is 3. The SMILES string of the molecule is CCN(C(=O)c1ccc(NC(=O)COc2ccc(Cl)cc2Cl)cc1)c1cccc2ccccc12. The first kappa shape index (κ1) is 23.6. The average molecular weight is 493 g/mol. The highest BCUT2D eigenvalue weighted by Gasteiger charge is 2.18. The summed E-state index contributed by atoms with van der Waals surface area (Å²) < 4.78 is 5.45. The maximum absolute atomic E-state index is 13.3. The van der Waals surface area contributed by atoms with Gasteiger partial charge >= 0.3 is 0 Å². The third kappa shape index (κ3) is 5.33. The van der Waals surface area contributed by atoms with Crippen LogP contribution in [0.3, 0.4) is 0 Å². The number of halogens is 2. The lowest BCUT2D eigenvalue weighted by Gasteiger charge is -2.23. The van der Waals surface area contributed by atoms with Gasteiger partial charge in [-0.25, -0.2) is 0 Å². The van der Waals surface area contributed by atoms with Gasteiger partial charge in [0.25, 0.3) is 11.8 Å². The van der Waals surface area contributed by atoms with Gasteiger partial charge in [0.2, 0.25) is 0 Å². The molecule has 1 N–H and O–H groups in total. The Labute approximate surface area is 207 Å². The Morgan fingerprint density at radius 2 is 1.65 bits per heavy atom. The van der Waals surface area contributed by atoms with Crippen molar-refractivity contribution in [3.05, 3.63) is 101 Å². The van der Waals surface area contributed by atoms with E-state index in [0.717, 1.165) is 16.5 Å². The van der Waals surface area contributed by atoms with Crippen molar-refractivity contribution in [1.82, 2.24) is 0 Å². The number of fused-ring (bicyclic) bond motifs is 1. The molecule has 0 heterocycles. The minimum Gasteiger partial charge on any atom is -0.482 e. The topological polar surface area (TPSA) is 58.6 Å². The molecule has 7 heteroatoms. The van der Waals surface area contributed by atoms with Gasteiger partial charge in [-0.2, -0.15) is 0 Å². The second kappa shape index (κ2) is 10.6. The van der Waals surface area contributed by atoms with E-state index in [2.05, 4.69) is 5.32 Å². The Morgan fingerprint density at radius 1 is 0.912 bits per heavy atom. The lowest BCUT2D eigenvalue weighted by molar-refractivity contribution is -0.118. The van der Waals surface area contributed by atoms with Crippen molar-refractivity contribution in [3.8, 4) is 5.75 Å². The molecule has 34 heavy (non-hydrogen) atoms. The van der Waals surface area contributed by atoms with Crippen LogP contribution in [0, 0.1) is 0 Å². The molecule has 5 nitrogen and oxygen atoms in total. The lowest BCUT2D eigenvalue weighted by atomic mass is 10.1. The number of nitrogens with zero attached hydrogens (tertiary/aromatic N) is 1. The molecule has 0 aliphatic carbocycles. The number of carbonyl (C=O) groups is 2. The van der Waals surface area contributed by atoms with Crippen LogP contribution in [0.1, 0.15) is 17.3 Å². The van der Waals surface area contributed by atoms with Gasteiger partial charge in [-0.05, 0) is 60.8 Å². The summed E-state index contributed by atoms with van der Waals surface area (Å²) in [6, 6.07) is 25.5. The molecular weight excluding hydrogens is 471 g/mol. The molecule has 0 atom stereocenters. The van der Waals surface area contributed by atoms with E-state index >= 15 is 0 Å². The van der Waals surface area contributed by atoms with Crippen molar-refractivity contribution >= 4 is 57.2 Å². The number of benzene rings is 4. The van der Waals surface area contributed by atoms with Crippen LogP contribution >= 0.6 is 23.2 Å². The van der Waals surface area contributed by atoms with Crippen molar-refractivity contribution in [1.29, 1.82) is 0 Å². The molecule has 0 bridgehead atoms. The summed E-state index contributed by atoms with van der Waals surface area (Å²) in [5.74, 6) is -0.0938. The molecule has 2 amide bonds. The Kier molecular flexibility index (Phi) is 7.36. The van der Waals surface area contributed by atoms with Crippen LogP contribution in [0.2, 0.25) is 10.0 Å². The first-order valence-corrected chi connectivity index (χ1v) is 11.5. The standard InChI is InChI=1S/C27H22Cl2N2O3/c1-2-31(24-9-5-7-18-6-3-4-8-22(18)24)27(33)19-10-13-21(14-11-19)30-26(32)17-34-25-15-12-20(28)16-23(25)29/h3-16H,2,17H2,1H3,(H,30,32). The average Bonchev–Trinajstić information content (AvgIpc) is 2.84. The van der Waals surface area contributed by atoms with Crippen LogP contribution in [-0.2, 0) is 4.79 Å². The van der Waals surface area contributed by atoms with Crippen molar-refractivity contribution in [3.63, 3.8) is 0 Å². The first-order valence-electron chi connectivity index (χ1n) is 10.7. The minimum atomic E-state index is -0.351. The van der Waals surface area contributed by atoms with E-state index in [-0.39, 0.29) is 18.4 Å². The fourth-order valence-electron chi connectivity index (χ4n) is 3.65. The van der Waals surface area contributed by atoms with Gasteiger partial charge in [0.15, 0.2) is 6.61 Å². The molecular formula is C27H22Cl2N2O3. The van der Waals surface area contributed by atoms with E-state index in [9.17, 15) is 9.59 Å². The first-order chi connectivity index (χ1) is 16.5. The summed E-state index contributed by atoms with van der Waals surface area (Å²) in [5.41, 5.74) is 1.94. The largest absolute Gasteiger partial charge is 0.482 e. The van der Waals surface area contributed by atoms with E-state index in [1.165, 1.54) is 0 Å². The normalized spacial score (nSPS) is 10.7. The number of carbonyl (C=O) groups excluding carboxylic acids is 2. The third-order valence-corrected chi connectivity index (χ3v) is 5.82. The molecule has 0 saturated carbocycles. The van der Waals surface area contributed by atoms with Crippen molar-refractivity contribution in [2.75, 3.05) is 23.4 Å². The maximum Gasteiger partial charge on any atom is 0.262 e. The summed E-state index contributed by atoms with van der Waals surface area (Å²) in [6.45, 7) is 2.25. The Bertz CT molecular complexity index is 1330. The van der Waals surface area contributed by atoms with E-state index in [1.807, 2.05) is 49.4 Å². The van der Waals surface area contributed by atoms with E-state index < -0.39 is 0 Å².